The van der Waals surface area contributed by atoms with Gasteiger partial charge in [0.05, 0.1) is 18.7 Å². The van der Waals surface area contributed by atoms with Crippen molar-refractivity contribution < 1.29 is 33.7 Å². The number of nitrogens with zero attached hydrogens (tertiary/aromatic N) is 1. The minimum absolute atomic E-state index is 0.0607. The smallest absolute Gasteiger partial charge is 0.325 e. The van der Waals surface area contributed by atoms with Crippen molar-refractivity contribution in [3.63, 3.8) is 0 Å². The molecule has 29 heavy (non-hydrogen) atoms. The zero-order valence-corrected chi connectivity index (χ0v) is 15.5. The molecular weight excluding hydrogens is 378 g/mol. The van der Waals surface area contributed by atoms with Crippen molar-refractivity contribution in [2.75, 3.05) is 20.4 Å². The van der Waals surface area contributed by atoms with Crippen LogP contribution < -0.4 is 9.47 Å². The molecule has 1 N–H and O–H groups in total. The highest BCUT2D eigenvalue weighted by Gasteiger charge is 2.47. The molecule has 2 aliphatic heterocycles. The van der Waals surface area contributed by atoms with Gasteiger partial charge in [0.25, 0.3) is 11.7 Å². The molecule has 0 aromatic heterocycles. The van der Waals surface area contributed by atoms with Gasteiger partial charge in [-0.15, -0.1) is 0 Å². The fourth-order valence-electron chi connectivity index (χ4n) is 3.43. The molecule has 1 amide bonds. The molecule has 1 atom stereocenters. The van der Waals surface area contributed by atoms with Crippen molar-refractivity contribution >= 4 is 23.4 Å². The molecule has 2 aromatic carbocycles. The highest BCUT2D eigenvalue weighted by Crippen LogP contribution is 2.42. The van der Waals surface area contributed by atoms with Gasteiger partial charge in [-0.25, -0.2) is 0 Å². The average molecular weight is 395 g/mol. The van der Waals surface area contributed by atoms with E-state index in [0.29, 0.717) is 22.6 Å². The summed E-state index contributed by atoms with van der Waals surface area (Å²) in [7, 11) is 1.19. The Bertz CT molecular complexity index is 1030. The number of esters is 1. The topological polar surface area (TPSA) is 102 Å². The normalized spacial score (nSPS) is 19.5. The van der Waals surface area contributed by atoms with Crippen LogP contribution >= 0.6 is 0 Å². The van der Waals surface area contributed by atoms with Crippen molar-refractivity contribution in [2.45, 2.75) is 6.04 Å². The molecule has 1 saturated heterocycles. The van der Waals surface area contributed by atoms with Crippen LogP contribution in [0.15, 0.2) is 54.1 Å². The van der Waals surface area contributed by atoms with Crippen LogP contribution in [0.4, 0.5) is 0 Å². The largest absolute Gasteiger partial charge is 0.507 e. The summed E-state index contributed by atoms with van der Waals surface area (Å²) in [5.41, 5.74) is 0.771. The van der Waals surface area contributed by atoms with E-state index in [9.17, 15) is 19.5 Å². The first-order chi connectivity index (χ1) is 14.0. The zero-order valence-electron chi connectivity index (χ0n) is 15.5. The van der Waals surface area contributed by atoms with Crippen LogP contribution in [-0.4, -0.2) is 48.1 Å². The molecule has 2 heterocycles. The molecule has 8 heteroatoms. The van der Waals surface area contributed by atoms with Crippen LogP contribution in [0.3, 0.4) is 0 Å². The minimum Gasteiger partial charge on any atom is -0.507 e. The molecule has 2 aliphatic rings. The number of aliphatic hydroxyl groups excluding tert-OH is 1. The van der Waals surface area contributed by atoms with Gasteiger partial charge < -0.3 is 24.2 Å². The predicted octanol–water partition coefficient (Wildman–Crippen LogP) is 2.01. The second kappa shape index (κ2) is 7.31. The van der Waals surface area contributed by atoms with Crippen molar-refractivity contribution in [1.29, 1.82) is 0 Å². The van der Waals surface area contributed by atoms with Gasteiger partial charge in [0.1, 0.15) is 12.3 Å². The van der Waals surface area contributed by atoms with Crippen molar-refractivity contribution in [2.24, 2.45) is 0 Å². The molecular formula is C21H17NO7. The lowest BCUT2D eigenvalue weighted by Crippen LogP contribution is -2.35. The molecule has 8 nitrogen and oxygen atoms in total. The first-order valence-electron chi connectivity index (χ1n) is 8.81. The monoisotopic (exact) mass is 395 g/mol. The Hall–Kier alpha value is -3.81. The maximum Gasteiger partial charge on any atom is 0.325 e. The van der Waals surface area contributed by atoms with E-state index in [4.69, 9.17) is 9.47 Å². The van der Waals surface area contributed by atoms with Gasteiger partial charge >= 0.3 is 5.97 Å². The minimum atomic E-state index is -0.983. The number of likely N-dealkylation sites (tertiary alicyclic amines) is 1. The SMILES string of the molecule is COC(=O)CN1C(=O)C(=O)C(=C(O)c2ccccc2)[C@H]1c1ccc2c(c1)OCO2. The fraction of sp³-hybridized carbons (Fsp3) is 0.190. The standard InChI is InChI=1S/C21H17NO7/c1-27-16(23)10-22-18(13-7-8-14-15(9-13)29-11-28-14)17(20(25)21(22)26)19(24)12-5-3-2-4-6-12/h2-9,18,24H,10-11H2,1H3/t18-/m1/s1. The molecule has 4 rings (SSSR count). The molecule has 0 bridgehead atoms. The summed E-state index contributed by atoms with van der Waals surface area (Å²) in [5.74, 6) is -1.79. The van der Waals surface area contributed by atoms with Crippen LogP contribution in [0.2, 0.25) is 0 Å². The lowest BCUT2D eigenvalue weighted by atomic mass is 9.95. The van der Waals surface area contributed by atoms with Crippen molar-refractivity contribution in [1.82, 2.24) is 4.90 Å². The Balaban J connectivity index is 1.87. The quantitative estimate of drug-likeness (QED) is 0.366. The van der Waals surface area contributed by atoms with E-state index in [0.717, 1.165) is 4.90 Å². The number of hydrogen-bond donors (Lipinski definition) is 1. The van der Waals surface area contributed by atoms with E-state index < -0.39 is 30.2 Å². The highest BCUT2D eigenvalue weighted by atomic mass is 16.7. The van der Waals surface area contributed by atoms with Crippen LogP contribution in [0, 0.1) is 0 Å². The van der Waals surface area contributed by atoms with E-state index in [1.54, 1.807) is 48.5 Å². The third-order valence-corrected chi connectivity index (χ3v) is 4.83. The number of amides is 1. The van der Waals surface area contributed by atoms with E-state index in [1.807, 2.05) is 0 Å². The van der Waals surface area contributed by atoms with Gasteiger partial charge in [0.15, 0.2) is 11.5 Å². The Labute approximate surface area is 165 Å². The number of carbonyl (C=O) groups is 3. The Kier molecular flexibility index (Phi) is 4.67. The zero-order chi connectivity index (χ0) is 20.5. The van der Waals surface area contributed by atoms with Crippen LogP contribution in [0.25, 0.3) is 5.76 Å². The van der Waals surface area contributed by atoms with E-state index in [1.165, 1.54) is 7.11 Å². The first-order valence-corrected chi connectivity index (χ1v) is 8.81. The highest BCUT2D eigenvalue weighted by molar-refractivity contribution is 6.46. The van der Waals surface area contributed by atoms with Gasteiger partial charge in [0.2, 0.25) is 6.79 Å². The van der Waals surface area contributed by atoms with Crippen LogP contribution in [-0.2, 0) is 19.1 Å². The molecule has 0 saturated carbocycles. The van der Waals surface area contributed by atoms with Gasteiger partial charge in [-0.05, 0) is 17.7 Å². The van der Waals surface area contributed by atoms with Crippen LogP contribution in [0.5, 0.6) is 11.5 Å². The van der Waals surface area contributed by atoms with Gasteiger partial charge in [-0.2, -0.15) is 0 Å². The number of rotatable bonds is 4. The van der Waals surface area contributed by atoms with Gasteiger partial charge in [0, 0.05) is 5.56 Å². The molecule has 0 unspecified atom stereocenters. The number of ether oxygens (including phenoxy) is 3. The third-order valence-electron chi connectivity index (χ3n) is 4.83. The van der Waals surface area contributed by atoms with E-state index >= 15 is 0 Å². The van der Waals surface area contributed by atoms with Crippen LogP contribution in [0.1, 0.15) is 17.2 Å². The summed E-state index contributed by atoms with van der Waals surface area (Å²) in [4.78, 5) is 38.5. The molecule has 0 aliphatic carbocycles. The second-order valence-electron chi connectivity index (χ2n) is 6.48. The Morgan fingerprint density at radius 1 is 1.14 bits per heavy atom. The second-order valence-corrected chi connectivity index (χ2v) is 6.48. The summed E-state index contributed by atoms with van der Waals surface area (Å²) in [6, 6.07) is 12.4. The van der Waals surface area contributed by atoms with E-state index in [-0.39, 0.29) is 18.1 Å². The molecule has 148 valence electrons. The number of methoxy groups -OCH3 is 1. The number of hydrogen-bond acceptors (Lipinski definition) is 7. The summed E-state index contributed by atoms with van der Waals surface area (Å²) in [6.45, 7) is -0.378. The molecule has 0 radical (unpaired) electrons. The number of aliphatic hydroxyl groups is 1. The number of Topliss-reactive ketones (excluding diaryl/α,β-unsaturated/α-hetero) is 1. The number of ketones is 1. The number of fused-ring (bicyclic) bond motifs is 1. The predicted molar refractivity (Wildman–Crippen MR) is 100 cm³/mol. The van der Waals surface area contributed by atoms with Gasteiger partial charge in [-0.3, -0.25) is 14.4 Å². The Morgan fingerprint density at radius 2 is 1.86 bits per heavy atom. The molecule has 0 spiro atoms. The summed E-state index contributed by atoms with van der Waals surface area (Å²) in [6.07, 6.45) is 0. The Morgan fingerprint density at radius 3 is 2.59 bits per heavy atom. The molecule has 1 fully saturated rings. The number of benzene rings is 2. The van der Waals surface area contributed by atoms with Crippen molar-refractivity contribution in [3.05, 3.63) is 65.2 Å². The maximum atomic E-state index is 12.8. The van der Waals surface area contributed by atoms with Gasteiger partial charge in [-0.1, -0.05) is 36.4 Å². The van der Waals surface area contributed by atoms with Crippen molar-refractivity contribution in [3.8, 4) is 11.5 Å². The van der Waals surface area contributed by atoms with E-state index in [2.05, 4.69) is 4.74 Å². The first kappa shape index (κ1) is 18.5. The maximum absolute atomic E-state index is 12.8. The summed E-state index contributed by atoms with van der Waals surface area (Å²) >= 11 is 0. The summed E-state index contributed by atoms with van der Waals surface area (Å²) < 4.78 is 15.4. The number of carbonyl (C=O) groups excluding carboxylic acids is 3. The lowest BCUT2D eigenvalue weighted by Gasteiger charge is -2.24. The fourth-order valence-corrected chi connectivity index (χ4v) is 3.43. The average Bonchev–Trinajstić information content (AvgIpc) is 3.31. The summed E-state index contributed by atoms with van der Waals surface area (Å²) in [5, 5.41) is 10.9. The molecule has 2 aromatic rings. The third kappa shape index (κ3) is 3.18. The lowest BCUT2D eigenvalue weighted by molar-refractivity contribution is -0.148.